The number of benzene rings is 1. The summed E-state index contributed by atoms with van der Waals surface area (Å²) in [5.74, 6) is -1.12. The zero-order valence-electron chi connectivity index (χ0n) is 9.04. The second-order valence-corrected chi connectivity index (χ2v) is 3.93. The number of halogens is 2. The maximum absolute atomic E-state index is 13.2. The van der Waals surface area contributed by atoms with E-state index in [2.05, 4.69) is 10.3 Å². The zero-order valence-corrected chi connectivity index (χ0v) is 9.79. The first-order chi connectivity index (χ1) is 8.56. The van der Waals surface area contributed by atoms with Crippen LogP contribution in [0, 0.1) is 5.82 Å². The second-order valence-electron chi connectivity index (χ2n) is 3.52. The van der Waals surface area contributed by atoms with Gasteiger partial charge in [0.25, 0.3) is 5.91 Å². The van der Waals surface area contributed by atoms with Gasteiger partial charge in [-0.05, 0) is 24.3 Å². The van der Waals surface area contributed by atoms with Gasteiger partial charge in [0.05, 0.1) is 5.02 Å². The summed E-state index contributed by atoms with van der Waals surface area (Å²) in [5, 5.41) is 2.44. The van der Waals surface area contributed by atoms with Crippen LogP contribution in [0.25, 0.3) is 0 Å². The van der Waals surface area contributed by atoms with Crippen LogP contribution in [0.3, 0.4) is 0 Å². The van der Waals surface area contributed by atoms with Crippen molar-refractivity contribution in [3.63, 3.8) is 0 Å². The molecule has 0 unspecified atom stereocenters. The van der Waals surface area contributed by atoms with Crippen molar-refractivity contribution in [2.24, 2.45) is 0 Å². The third-order valence-electron chi connectivity index (χ3n) is 2.21. The summed E-state index contributed by atoms with van der Waals surface area (Å²) in [5.41, 5.74) is 0.0706. The van der Waals surface area contributed by atoms with Crippen molar-refractivity contribution in [3.05, 3.63) is 63.3 Å². The van der Waals surface area contributed by atoms with Gasteiger partial charge in [-0.1, -0.05) is 11.6 Å². The van der Waals surface area contributed by atoms with E-state index in [-0.39, 0.29) is 21.8 Å². The Hall–Kier alpha value is -2.14. The molecule has 2 aromatic rings. The molecule has 1 aromatic carbocycles. The van der Waals surface area contributed by atoms with Crippen LogP contribution in [-0.4, -0.2) is 10.9 Å². The maximum atomic E-state index is 13.2. The minimum Gasteiger partial charge on any atom is -0.329 e. The number of H-pyrrole nitrogens is 1. The van der Waals surface area contributed by atoms with Crippen molar-refractivity contribution in [3.8, 4) is 0 Å². The van der Waals surface area contributed by atoms with Gasteiger partial charge in [-0.2, -0.15) is 0 Å². The maximum Gasteiger partial charge on any atom is 0.255 e. The molecule has 0 bridgehead atoms. The highest BCUT2D eigenvalue weighted by atomic mass is 35.5. The summed E-state index contributed by atoms with van der Waals surface area (Å²) < 4.78 is 13.2. The molecule has 0 spiro atoms. The highest BCUT2D eigenvalue weighted by molar-refractivity contribution is 6.30. The van der Waals surface area contributed by atoms with Crippen LogP contribution in [0.1, 0.15) is 10.4 Å². The molecule has 18 heavy (non-hydrogen) atoms. The van der Waals surface area contributed by atoms with Crippen LogP contribution in [-0.2, 0) is 0 Å². The van der Waals surface area contributed by atoms with Crippen molar-refractivity contribution in [2.45, 2.75) is 0 Å². The van der Waals surface area contributed by atoms with Gasteiger partial charge in [0.15, 0.2) is 0 Å². The fourth-order valence-corrected chi connectivity index (χ4v) is 1.48. The monoisotopic (exact) mass is 266 g/mol. The summed E-state index contributed by atoms with van der Waals surface area (Å²) in [6.07, 6.45) is 1.36. The molecule has 1 aromatic heterocycles. The predicted molar refractivity (Wildman–Crippen MR) is 66.4 cm³/mol. The molecule has 0 aliphatic carbocycles. The zero-order chi connectivity index (χ0) is 13.1. The largest absolute Gasteiger partial charge is 0.329 e. The van der Waals surface area contributed by atoms with Gasteiger partial charge in [0, 0.05) is 23.5 Å². The number of rotatable bonds is 2. The van der Waals surface area contributed by atoms with Crippen molar-refractivity contribution >= 4 is 23.2 Å². The molecule has 0 saturated heterocycles. The molecule has 4 nitrogen and oxygen atoms in total. The Morgan fingerprint density at radius 3 is 2.72 bits per heavy atom. The fourth-order valence-electron chi connectivity index (χ4n) is 1.36. The van der Waals surface area contributed by atoms with Crippen LogP contribution in [0.15, 0.2) is 41.3 Å². The molecule has 0 saturated carbocycles. The van der Waals surface area contributed by atoms with Crippen molar-refractivity contribution in [2.75, 3.05) is 5.32 Å². The molecular weight excluding hydrogens is 259 g/mol. The quantitative estimate of drug-likeness (QED) is 0.877. The van der Waals surface area contributed by atoms with Crippen LogP contribution in [0.2, 0.25) is 5.02 Å². The lowest BCUT2D eigenvalue weighted by Crippen LogP contribution is -2.15. The number of amides is 1. The fraction of sp³-hybridized carbons (Fsp3) is 0. The molecule has 0 aliphatic heterocycles. The second kappa shape index (κ2) is 5.01. The summed E-state index contributed by atoms with van der Waals surface area (Å²) in [4.78, 5) is 25.2. The Labute approximate surface area is 106 Å². The highest BCUT2D eigenvalue weighted by Crippen LogP contribution is 2.19. The van der Waals surface area contributed by atoms with Crippen LogP contribution < -0.4 is 10.9 Å². The number of carbonyl (C=O) groups excluding carboxylic acids is 1. The minimum absolute atomic E-state index is 0.0239. The molecule has 92 valence electrons. The van der Waals surface area contributed by atoms with Crippen molar-refractivity contribution < 1.29 is 9.18 Å². The number of nitrogens with one attached hydrogen (secondary N) is 2. The third kappa shape index (κ3) is 2.75. The molecule has 1 heterocycles. The Morgan fingerprint density at radius 2 is 2.06 bits per heavy atom. The van der Waals surface area contributed by atoms with E-state index < -0.39 is 11.7 Å². The van der Waals surface area contributed by atoms with Crippen LogP contribution in [0.4, 0.5) is 10.1 Å². The van der Waals surface area contributed by atoms with E-state index >= 15 is 0 Å². The lowest BCUT2D eigenvalue weighted by Gasteiger charge is -2.05. The summed E-state index contributed by atoms with van der Waals surface area (Å²) >= 11 is 5.52. The van der Waals surface area contributed by atoms with Gasteiger partial charge < -0.3 is 10.3 Å². The Bertz CT molecular complexity index is 655. The van der Waals surface area contributed by atoms with E-state index in [0.717, 1.165) is 12.1 Å². The van der Waals surface area contributed by atoms with Gasteiger partial charge >= 0.3 is 0 Å². The molecule has 2 rings (SSSR count). The molecule has 0 atom stereocenters. The van der Waals surface area contributed by atoms with E-state index in [1.54, 1.807) is 0 Å². The van der Waals surface area contributed by atoms with Gasteiger partial charge in [-0.15, -0.1) is 0 Å². The minimum atomic E-state index is -0.625. The third-order valence-corrected chi connectivity index (χ3v) is 2.52. The Morgan fingerprint density at radius 1 is 1.28 bits per heavy atom. The standard InChI is InChI=1S/C12H8ClFN2O2/c13-9-2-1-8(6-10(9)14)16-12(18)7-3-4-15-11(17)5-7/h1-6H,(H,15,17)(H,16,18). The topological polar surface area (TPSA) is 62.0 Å². The van der Waals surface area contributed by atoms with Gasteiger partial charge in [0.2, 0.25) is 5.56 Å². The normalized spacial score (nSPS) is 10.1. The van der Waals surface area contributed by atoms with Crippen LogP contribution >= 0.6 is 11.6 Å². The first-order valence-corrected chi connectivity index (χ1v) is 5.39. The summed E-state index contributed by atoms with van der Waals surface area (Å²) in [7, 11) is 0. The lowest BCUT2D eigenvalue weighted by atomic mass is 10.2. The molecule has 0 radical (unpaired) electrons. The average Bonchev–Trinajstić information content (AvgIpc) is 2.34. The molecule has 1 amide bonds. The lowest BCUT2D eigenvalue weighted by molar-refractivity contribution is 0.102. The van der Waals surface area contributed by atoms with E-state index in [1.165, 1.54) is 24.4 Å². The van der Waals surface area contributed by atoms with Gasteiger partial charge in [0.1, 0.15) is 5.82 Å². The molecule has 2 N–H and O–H groups in total. The number of hydrogen-bond acceptors (Lipinski definition) is 2. The molecular formula is C12H8ClFN2O2. The Kier molecular flexibility index (Phi) is 3.43. The number of pyridine rings is 1. The molecule has 6 heteroatoms. The predicted octanol–water partition coefficient (Wildman–Crippen LogP) is 2.42. The number of hydrogen-bond donors (Lipinski definition) is 2. The summed E-state index contributed by atoms with van der Waals surface area (Å²) in [6, 6.07) is 6.51. The highest BCUT2D eigenvalue weighted by Gasteiger charge is 2.08. The number of carbonyl (C=O) groups is 1. The van der Waals surface area contributed by atoms with Crippen molar-refractivity contribution in [1.29, 1.82) is 0 Å². The van der Waals surface area contributed by atoms with Crippen molar-refractivity contribution in [1.82, 2.24) is 4.98 Å². The first-order valence-electron chi connectivity index (χ1n) is 5.01. The Balaban J connectivity index is 2.21. The SMILES string of the molecule is O=C(Nc1ccc(Cl)c(F)c1)c1cc[nH]c(=O)c1. The number of aromatic amines is 1. The number of aromatic nitrogens is 1. The average molecular weight is 267 g/mol. The van der Waals surface area contributed by atoms with E-state index in [4.69, 9.17) is 11.6 Å². The van der Waals surface area contributed by atoms with Gasteiger partial charge in [-0.3, -0.25) is 9.59 Å². The van der Waals surface area contributed by atoms with E-state index in [9.17, 15) is 14.0 Å². The van der Waals surface area contributed by atoms with E-state index in [1.807, 2.05) is 0 Å². The molecule has 0 aliphatic rings. The van der Waals surface area contributed by atoms with Gasteiger partial charge in [-0.25, -0.2) is 4.39 Å². The number of anilines is 1. The molecule has 0 fully saturated rings. The first kappa shape index (κ1) is 12.3. The van der Waals surface area contributed by atoms with Crippen LogP contribution in [0.5, 0.6) is 0 Å². The van der Waals surface area contributed by atoms with E-state index in [0.29, 0.717) is 0 Å². The smallest absolute Gasteiger partial charge is 0.255 e. The summed E-state index contributed by atoms with van der Waals surface area (Å²) in [6.45, 7) is 0.